The number of rotatable bonds is 5. The molecule has 4 heteroatoms. The minimum Gasteiger partial charge on any atom is -0.462 e. The molecule has 0 N–H and O–H groups in total. The van der Waals surface area contributed by atoms with Crippen LogP contribution in [0.5, 0.6) is 0 Å². The SMILES string of the molecule is COC(C)(C)CCOC(=O)c1cc(S)ccc1C. The number of aryl methyl sites for hydroxylation is 1. The third kappa shape index (κ3) is 4.35. The molecule has 0 fully saturated rings. The third-order valence-electron chi connectivity index (χ3n) is 2.93. The fourth-order valence-corrected chi connectivity index (χ4v) is 1.60. The molecule has 0 unspecified atom stereocenters. The standard InChI is InChI=1S/C14H20O3S/c1-10-5-6-11(18)9-12(10)13(15)17-8-7-14(2,3)16-4/h5-6,9,18H,7-8H2,1-4H3. The molecule has 1 rings (SSSR count). The van der Waals surface area contributed by atoms with Crippen molar-refractivity contribution < 1.29 is 14.3 Å². The molecular formula is C14H20O3S. The van der Waals surface area contributed by atoms with Crippen LogP contribution < -0.4 is 0 Å². The summed E-state index contributed by atoms with van der Waals surface area (Å²) in [6.07, 6.45) is 0.662. The largest absolute Gasteiger partial charge is 0.462 e. The molecule has 3 nitrogen and oxygen atoms in total. The Morgan fingerprint density at radius 1 is 1.39 bits per heavy atom. The first-order valence-corrected chi connectivity index (χ1v) is 6.32. The summed E-state index contributed by atoms with van der Waals surface area (Å²) >= 11 is 4.22. The maximum Gasteiger partial charge on any atom is 0.338 e. The van der Waals surface area contributed by atoms with Crippen molar-refractivity contribution in [2.45, 2.75) is 37.7 Å². The number of carbonyl (C=O) groups excluding carboxylic acids is 1. The van der Waals surface area contributed by atoms with Gasteiger partial charge in [0.25, 0.3) is 0 Å². The highest BCUT2D eigenvalue weighted by Gasteiger charge is 2.18. The summed E-state index contributed by atoms with van der Waals surface area (Å²) in [6, 6.07) is 5.43. The van der Waals surface area contributed by atoms with Crippen molar-refractivity contribution in [3.63, 3.8) is 0 Å². The number of methoxy groups -OCH3 is 1. The summed E-state index contributed by atoms with van der Waals surface area (Å²) in [4.78, 5) is 12.6. The zero-order valence-electron chi connectivity index (χ0n) is 11.3. The van der Waals surface area contributed by atoms with Crippen molar-refractivity contribution in [2.75, 3.05) is 13.7 Å². The van der Waals surface area contributed by atoms with Crippen LogP contribution in [0.25, 0.3) is 0 Å². The van der Waals surface area contributed by atoms with E-state index in [1.165, 1.54) is 0 Å². The van der Waals surface area contributed by atoms with Crippen LogP contribution in [0.3, 0.4) is 0 Å². The highest BCUT2D eigenvalue weighted by atomic mass is 32.1. The molecule has 0 spiro atoms. The highest BCUT2D eigenvalue weighted by Crippen LogP contribution is 2.17. The summed E-state index contributed by atoms with van der Waals surface area (Å²) < 4.78 is 10.5. The summed E-state index contributed by atoms with van der Waals surface area (Å²) in [5.41, 5.74) is 1.18. The molecule has 0 atom stereocenters. The zero-order valence-corrected chi connectivity index (χ0v) is 12.2. The lowest BCUT2D eigenvalue weighted by Gasteiger charge is -2.22. The first kappa shape index (κ1) is 15.1. The first-order valence-electron chi connectivity index (χ1n) is 5.87. The van der Waals surface area contributed by atoms with Gasteiger partial charge in [0.2, 0.25) is 0 Å². The van der Waals surface area contributed by atoms with E-state index in [0.717, 1.165) is 10.5 Å². The van der Waals surface area contributed by atoms with Crippen LogP contribution in [0.1, 0.15) is 36.2 Å². The van der Waals surface area contributed by atoms with Gasteiger partial charge >= 0.3 is 5.97 Å². The van der Waals surface area contributed by atoms with Crippen LogP contribution in [0.4, 0.5) is 0 Å². The molecule has 0 aliphatic rings. The molecule has 0 heterocycles. The smallest absolute Gasteiger partial charge is 0.338 e. The number of thiol groups is 1. The predicted molar refractivity (Wildman–Crippen MR) is 74.4 cm³/mol. The molecule has 1 aromatic rings. The second-order valence-corrected chi connectivity index (χ2v) is 5.37. The van der Waals surface area contributed by atoms with Gasteiger partial charge in [0.05, 0.1) is 17.8 Å². The topological polar surface area (TPSA) is 35.5 Å². The molecule has 0 radical (unpaired) electrons. The summed E-state index contributed by atoms with van der Waals surface area (Å²) in [5, 5.41) is 0. The van der Waals surface area contributed by atoms with Crippen LogP contribution in [0.2, 0.25) is 0 Å². The van der Waals surface area contributed by atoms with Gasteiger partial charge in [-0.25, -0.2) is 4.79 Å². The second-order valence-electron chi connectivity index (χ2n) is 4.85. The van der Waals surface area contributed by atoms with E-state index in [9.17, 15) is 4.79 Å². The van der Waals surface area contributed by atoms with E-state index in [-0.39, 0.29) is 11.6 Å². The fourth-order valence-electron chi connectivity index (χ4n) is 1.40. The quantitative estimate of drug-likeness (QED) is 0.657. The summed E-state index contributed by atoms with van der Waals surface area (Å²) in [7, 11) is 1.65. The molecule has 18 heavy (non-hydrogen) atoms. The maximum atomic E-state index is 11.9. The Morgan fingerprint density at radius 2 is 2.06 bits per heavy atom. The van der Waals surface area contributed by atoms with Crippen LogP contribution in [-0.4, -0.2) is 25.3 Å². The van der Waals surface area contributed by atoms with E-state index >= 15 is 0 Å². The normalized spacial score (nSPS) is 11.4. The Hall–Kier alpha value is -1.00. The average molecular weight is 268 g/mol. The summed E-state index contributed by atoms with van der Waals surface area (Å²) in [6.45, 7) is 6.14. The Morgan fingerprint density at radius 3 is 2.67 bits per heavy atom. The zero-order chi connectivity index (χ0) is 13.8. The minimum absolute atomic E-state index is 0.277. The molecule has 1 aromatic carbocycles. The Balaban J connectivity index is 2.58. The molecule has 0 bridgehead atoms. The monoisotopic (exact) mass is 268 g/mol. The van der Waals surface area contributed by atoms with Gasteiger partial charge in [-0.3, -0.25) is 0 Å². The van der Waals surface area contributed by atoms with Crippen molar-refractivity contribution in [3.8, 4) is 0 Å². The van der Waals surface area contributed by atoms with Crippen LogP contribution in [-0.2, 0) is 9.47 Å². The molecule has 0 aliphatic heterocycles. The van der Waals surface area contributed by atoms with Crippen molar-refractivity contribution in [1.82, 2.24) is 0 Å². The van der Waals surface area contributed by atoms with Crippen molar-refractivity contribution in [3.05, 3.63) is 29.3 Å². The first-order chi connectivity index (χ1) is 8.35. The lowest BCUT2D eigenvalue weighted by Crippen LogP contribution is -2.25. The third-order valence-corrected chi connectivity index (χ3v) is 3.21. The predicted octanol–water partition coefficient (Wildman–Crippen LogP) is 3.26. The molecule has 0 aromatic heterocycles. The number of benzene rings is 1. The van der Waals surface area contributed by atoms with Crippen LogP contribution in [0.15, 0.2) is 23.1 Å². The van der Waals surface area contributed by atoms with Crippen molar-refractivity contribution >= 4 is 18.6 Å². The van der Waals surface area contributed by atoms with Crippen molar-refractivity contribution in [2.24, 2.45) is 0 Å². The summed E-state index contributed by atoms with van der Waals surface area (Å²) in [5.74, 6) is -0.310. The molecule has 0 saturated carbocycles. The van der Waals surface area contributed by atoms with Crippen LogP contribution >= 0.6 is 12.6 Å². The van der Waals surface area contributed by atoms with Gasteiger partial charge < -0.3 is 9.47 Å². The fraction of sp³-hybridized carbons (Fsp3) is 0.500. The number of hydrogen-bond donors (Lipinski definition) is 1. The number of hydrogen-bond acceptors (Lipinski definition) is 4. The Bertz CT molecular complexity index is 427. The van der Waals surface area contributed by atoms with E-state index in [4.69, 9.17) is 9.47 Å². The van der Waals surface area contributed by atoms with E-state index in [2.05, 4.69) is 12.6 Å². The molecular weight excluding hydrogens is 248 g/mol. The number of carbonyl (C=O) groups is 1. The maximum absolute atomic E-state index is 11.9. The molecule has 100 valence electrons. The Kier molecular flexibility index (Phi) is 5.23. The van der Waals surface area contributed by atoms with Crippen LogP contribution in [0, 0.1) is 6.92 Å². The Labute approximate surface area is 114 Å². The van der Waals surface area contributed by atoms with Gasteiger partial charge in [0.15, 0.2) is 0 Å². The van der Waals surface area contributed by atoms with Gasteiger partial charge in [-0.1, -0.05) is 6.07 Å². The van der Waals surface area contributed by atoms with Gasteiger partial charge in [-0.15, -0.1) is 12.6 Å². The van der Waals surface area contributed by atoms with E-state index in [1.807, 2.05) is 32.9 Å². The van der Waals surface area contributed by atoms with Gasteiger partial charge in [0, 0.05) is 18.4 Å². The van der Waals surface area contributed by atoms with Gasteiger partial charge in [-0.2, -0.15) is 0 Å². The van der Waals surface area contributed by atoms with Gasteiger partial charge in [0.1, 0.15) is 0 Å². The molecule has 0 saturated heterocycles. The molecule has 0 aliphatic carbocycles. The number of esters is 1. The minimum atomic E-state index is -0.310. The van der Waals surface area contributed by atoms with E-state index in [0.29, 0.717) is 18.6 Å². The lowest BCUT2D eigenvalue weighted by molar-refractivity contribution is -0.00565. The van der Waals surface area contributed by atoms with E-state index in [1.54, 1.807) is 13.2 Å². The second kappa shape index (κ2) is 6.25. The average Bonchev–Trinajstić information content (AvgIpc) is 2.32. The van der Waals surface area contributed by atoms with E-state index < -0.39 is 0 Å². The lowest BCUT2D eigenvalue weighted by atomic mass is 10.1. The number of ether oxygens (including phenoxy) is 2. The molecule has 0 amide bonds. The van der Waals surface area contributed by atoms with Gasteiger partial charge in [-0.05, 0) is 38.5 Å². The highest BCUT2D eigenvalue weighted by molar-refractivity contribution is 7.80. The van der Waals surface area contributed by atoms with Crippen molar-refractivity contribution in [1.29, 1.82) is 0 Å².